The van der Waals surface area contributed by atoms with Crippen LogP contribution in [-0.4, -0.2) is 23.7 Å². The molecule has 0 fully saturated rings. The predicted molar refractivity (Wildman–Crippen MR) is 95.4 cm³/mol. The SMILES string of the molecule is C[C@@H](OC(=O)CSc1ccccc1F)C(=O)Nc1ccc(Br)cc1. The Kier molecular flexibility index (Phi) is 6.81. The highest BCUT2D eigenvalue weighted by atomic mass is 79.9. The second kappa shape index (κ2) is 8.84. The fourth-order valence-electron chi connectivity index (χ4n) is 1.76. The number of carbonyl (C=O) groups excluding carboxylic acids is 2. The van der Waals surface area contributed by atoms with Gasteiger partial charge in [0.15, 0.2) is 6.10 Å². The molecule has 126 valence electrons. The van der Waals surface area contributed by atoms with E-state index in [-0.39, 0.29) is 5.75 Å². The van der Waals surface area contributed by atoms with E-state index in [1.165, 1.54) is 13.0 Å². The molecule has 0 aromatic heterocycles. The van der Waals surface area contributed by atoms with Gasteiger partial charge in [0.05, 0.1) is 5.75 Å². The van der Waals surface area contributed by atoms with Gasteiger partial charge in [-0.3, -0.25) is 9.59 Å². The van der Waals surface area contributed by atoms with E-state index < -0.39 is 23.8 Å². The maximum Gasteiger partial charge on any atom is 0.317 e. The number of benzene rings is 2. The van der Waals surface area contributed by atoms with Gasteiger partial charge in [0.1, 0.15) is 5.82 Å². The minimum atomic E-state index is -0.942. The molecule has 1 atom stereocenters. The first kappa shape index (κ1) is 18.5. The summed E-state index contributed by atoms with van der Waals surface area (Å²) in [6.45, 7) is 1.49. The molecule has 0 heterocycles. The molecular formula is C17H15BrFNO3S. The van der Waals surface area contributed by atoms with E-state index in [1.54, 1.807) is 42.5 Å². The Morgan fingerprint density at radius 3 is 2.54 bits per heavy atom. The van der Waals surface area contributed by atoms with Crippen LogP contribution in [0.2, 0.25) is 0 Å². The van der Waals surface area contributed by atoms with Gasteiger partial charge in [-0.1, -0.05) is 28.1 Å². The Bertz CT molecular complexity index is 724. The molecule has 0 saturated carbocycles. The lowest BCUT2D eigenvalue weighted by molar-refractivity contribution is -0.150. The number of halogens is 2. The zero-order chi connectivity index (χ0) is 17.5. The molecule has 2 aromatic carbocycles. The van der Waals surface area contributed by atoms with Crippen molar-refractivity contribution in [2.75, 3.05) is 11.1 Å². The van der Waals surface area contributed by atoms with Crippen molar-refractivity contribution in [3.63, 3.8) is 0 Å². The van der Waals surface area contributed by atoms with E-state index in [9.17, 15) is 14.0 Å². The highest BCUT2D eigenvalue weighted by Crippen LogP contribution is 2.21. The Balaban J connectivity index is 1.81. The van der Waals surface area contributed by atoms with Crippen molar-refractivity contribution < 1.29 is 18.7 Å². The van der Waals surface area contributed by atoms with Crippen molar-refractivity contribution in [1.82, 2.24) is 0 Å². The Labute approximate surface area is 151 Å². The third kappa shape index (κ3) is 5.65. The summed E-state index contributed by atoms with van der Waals surface area (Å²) in [5.41, 5.74) is 0.604. The minimum absolute atomic E-state index is 0.0726. The van der Waals surface area contributed by atoms with Crippen LogP contribution in [0.25, 0.3) is 0 Å². The molecule has 4 nitrogen and oxygen atoms in total. The molecule has 1 amide bonds. The fourth-order valence-corrected chi connectivity index (χ4v) is 2.75. The summed E-state index contributed by atoms with van der Waals surface area (Å²) in [5, 5.41) is 2.65. The number of hydrogen-bond acceptors (Lipinski definition) is 4. The van der Waals surface area contributed by atoms with Crippen LogP contribution in [0.1, 0.15) is 6.92 Å². The Morgan fingerprint density at radius 2 is 1.88 bits per heavy atom. The van der Waals surface area contributed by atoms with Gasteiger partial charge in [-0.15, -0.1) is 11.8 Å². The summed E-state index contributed by atoms with van der Waals surface area (Å²) in [7, 11) is 0. The fraction of sp³-hybridized carbons (Fsp3) is 0.176. The maximum absolute atomic E-state index is 13.5. The number of hydrogen-bond donors (Lipinski definition) is 1. The lowest BCUT2D eigenvalue weighted by Gasteiger charge is -2.13. The smallest absolute Gasteiger partial charge is 0.317 e. The van der Waals surface area contributed by atoms with Crippen LogP contribution in [0.3, 0.4) is 0 Å². The molecule has 0 unspecified atom stereocenters. The highest BCUT2D eigenvalue weighted by Gasteiger charge is 2.18. The Hall–Kier alpha value is -1.86. The molecule has 1 N–H and O–H groups in total. The van der Waals surface area contributed by atoms with Crippen LogP contribution < -0.4 is 5.32 Å². The van der Waals surface area contributed by atoms with Crippen LogP contribution in [0, 0.1) is 5.82 Å². The molecule has 0 aliphatic carbocycles. The second-order valence-electron chi connectivity index (χ2n) is 4.85. The van der Waals surface area contributed by atoms with Crippen LogP contribution >= 0.6 is 27.7 Å². The summed E-state index contributed by atoms with van der Waals surface area (Å²) in [6, 6.07) is 13.2. The van der Waals surface area contributed by atoms with Crippen molar-refractivity contribution in [2.24, 2.45) is 0 Å². The average Bonchev–Trinajstić information content (AvgIpc) is 2.56. The van der Waals surface area contributed by atoms with Crippen LogP contribution in [0.4, 0.5) is 10.1 Å². The van der Waals surface area contributed by atoms with E-state index in [1.807, 2.05) is 0 Å². The van der Waals surface area contributed by atoms with Gasteiger partial charge in [0.2, 0.25) is 0 Å². The first-order chi connectivity index (χ1) is 11.5. The molecule has 0 aliphatic rings. The molecule has 0 saturated heterocycles. The standard InChI is InChI=1S/C17H15BrFNO3S/c1-11(17(22)20-13-8-6-12(18)7-9-13)23-16(21)10-24-15-5-3-2-4-14(15)19/h2-9,11H,10H2,1H3,(H,20,22)/t11-/m1/s1. The van der Waals surface area contributed by atoms with E-state index in [2.05, 4.69) is 21.2 Å². The molecule has 0 aliphatic heterocycles. The summed E-state index contributed by atoms with van der Waals surface area (Å²) >= 11 is 4.33. The molecule has 2 rings (SSSR count). The summed E-state index contributed by atoms with van der Waals surface area (Å²) in [6.07, 6.45) is -0.942. The van der Waals surface area contributed by atoms with Crippen molar-refractivity contribution in [2.45, 2.75) is 17.9 Å². The van der Waals surface area contributed by atoms with Gasteiger partial charge in [-0.25, -0.2) is 4.39 Å². The van der Waals surface area contributed by atoms with Gasteiger partial charge in [0.25, 0.3) is 5.91 Å². The molecule has 7 heteroatoms. The maximum atomic E-state index is 13.5. The number of nitrogens with one attached hydrogen (secondary N) is 1. The average molecular weight is 412 g/mol. The molecular weight excluding hydrogens is 397 g/mol. The second-order valence-corrected chi connectivity index (χ2v) is 6.78. The van der Waals surface area contributed by atoms with Gasteiger partial charge < -0.3 is 10.1 Å². The number of amides is 1. The third-order valence-electron chi connectivity index (χ3n) is 2.97. The van der Waals surface area contributed by atoms with Crippen LogP contribution in [0.15, 0.2) is 57.9 Å². The van der Waals surface area contributed by atoms with E-state index >= 15 is 0 Å². The minimum Gasteiger partial charge on any atom is -0.452 e. The first-order valence-corrected chi connectivity index (χ1v) is 8.87. The van der Waals surface area contributed by atoms with Gasteiger partial charge in [-0.05, 0) is 43.3 Å². The number of esters is 1. The monoisotopic (exact) mass is 411 g/mol. The molecule has 24 heavy (non-hydrogen) atoms. The van der Waals surface area contributed by atoms with Crippen molar-refractivity contribution >= 4 is 45.3 Å². The van der Waals surface area contributed by atoms with Crippen molar-refractivity contribution in [1.29, 1.82) is 0 Å². The number of carbonyl (C=O) groups is 2. The number of thioether (sulfide) groups is 1. The lowest BCUT2D eigenvalue weighted by Crippen LogP contribution is -2.30. The largest absolute Gasteiger partial charge is 0.452 e. The summed E-state index contributed by atoms with van der Waals surface area (Å²) < 4.78 is 19.4. The van der Waals surface area contributed by atoms with Crippen LogP contribution in [-0.2, 0) is 14.3 Å². The number of rotatable bonds is 6. The van der Waals surface area contributed by atoms with Gasteiger partial charge in [-0.2, -0.15) is 0 Å². The zero-order valence-electron chi connectivity index (χ0n) is 12.8. The van der Waals surface area contributed by atoms with Crippen LogP contribution in [0.5, 0.6) is 0 Å². The van der Waals surface area contributed by atoms with Gasteiger partial charge >= 0.3 is 5.97 Å². The van der Waals surface area contributed by atoms with Crippen molar-refractivity contribution in [3.05, 3.63) is 58.8 Å². The number of anilines is 1. The quantitative estimate of drug-likeness (QED) is 0.570. The first-order valence-electron chi connectivity index (χ1n) is 7.09. The predicted octanol–water partition coefficient (Wildman–Crippen LogP) is 4.25. The number of ether oxygens (including phenoxy) is 1. The lowest BCUT2D eigenvalue weighted by atomic mass is 10.3. The van der Waals surface area contributed by atoms with Gasteiger partial charge in [0, 0.05) is 15.1 Å². The highest BCUT2D eigenvalue weighted by molar-refractivity contribution is 9.10. The topological polar surface area (TPSA) is 55.4 Å². The third-order valence-corrected chi connectivity index (χ3v) is 4.52. The van der Waals surface area contributed by atoms with E-state index in [4.69, 9.17) is 4.74 Å². The normalized spacial score (nSPS) is 11.6. The summed E-state index contributed by atoms with van der Waals surface area (Å²) in [5.74, 6) is -1.48. The summed E-state index contributed by atoms with van der Waals surface area (Å²) in [4.78, 5) is 24.1. The van der Waals surface area contributed by atoms with E-state index in [0.717, 1.165) is 16.2 Å². The molecule has 0 radical (unpaired) electrons. The van der Waals surface area contributed by atoms with Crippen molar-refractivity contribution in [3.8, 4) is 0 Å². The van der Waals surface area contributed by atoms with E-state index in [0.29, 0.717) is 10.6 Å². The Morgan fingerprint density at radius 1 is 1.21 bits per heavy atom. The molecule has 2 aromatic rings. The molecule has 0 spiro atoms. The zero-order valence-corrected chi connectivity index (χ0v) is 15.2. The molecule has 0 bridgehead atoms.